The Morgan fingerprint density at radius 3 is 2.55 bits per heavy atom. The molecule has 110 valence electrons. The molecule has 0 radical (unpaired) electrons. The second-order valence-electron chi connectivity index (χ2n) is 4.40. The monoisotopic (exact) mass is 317 g/mol. The zero-order valence-electron chi connectivity index (χ0n) is 11.5. The molecule has 0 aliphatic carbocycles. The number of halogens is 2. The Kier molecular flexibility index (Phi) is 6.26. The van der Waals surface area contributed by atoms with Crippen molar-refractivity contribution in [3.8, 4) is 0 Å². The van der Waals surface area contributed by atoms with E-state index >= 15 is 0 Å². The van der Waals surface area contributed by atoms with E-state index in [2.05, 4.69) is 10.6 Å². The van der Waals surface area contributed by atoms with Gasteiger partial charge in [0.05, 0.1) is 6.04 Å². The van der Waals surface area contributed by atoms with Gasteiger partial charge in [0.25, 0.3) is 0 Å². The van der Waals surface area contributed by atoms with Crippen LogP contribution in [0.2, 0.25) is 10.0 Å². The lowest BCUT2D eigenvalue weighted by molar-refractivity contribution is -0.124. The van der Waals surface area contributed by atoms with E-state index in [9.17, 15) is 9.59 Å². The normalized spacial score (nSPS) is 12.1. The minimum absolute atomic E-state index is 0.378. The molecule has 1 aromatic rings. The van der Waals surface area contributed by atoms with Crippen molar-refractivity contribution in [1.29, 1.82) is 0 Å². The molecule has 0 unspecified atom stereocenters. The molecule has 1 rings (SSSR count). The van der Waals surface area contributed by atoms with Gasteiger partial charge in [0.1, 0.15) is 0 Å². The maximum absolute atomic E-state index is 11.8. The van der Waals surface area contributed by atoms with Crippen molar-refractivity contribution in [2.24, 2.45) is 0 Å². The summed E-state index contributed by atoms with van der Waals surface area (Å²) in [5, 5.41) is 5.67. The number of carbonyl (C=O) groups is 2. The van der Waals surface area contributed by atoms with Crippen molar-refractivity contribution in [3.05, 3.63) is 33.8 Å². The highest BCUT2D eigenvalue weighted by atomic mass is 35.5. The third-order valence-electron chi connectivity index (χ3n) is 2.94. The van der Waals surface area contributed by atoms with E-state index in [1.54, 1.807) is 31.0 Å². The van der Waals surface area contributed by atoms with Crippen LogP contribution in [0.4, 0.5) is 4.79 Å². The molecule has 0 fully saturated rings. The van der Waals surface area contributed by atoms with Crippen LogP contribution in [-0.2, 0) is 11.3 Å². The Balaban J connectivity index is 2.67. The predicted octanol–water partition coefficient (Wildman–Crippen LogP) is 2.27. The molecule has 7 heteroatoms. The number of urea groups is 1. The van der Waals surface area contributed by atoms with Crippen LogP contribution in [0.25, 0.3) is 0 Å². The lowest BCUT2D eigenvalue weighted by Gasteiger charge is -2.24. The molecule has 0 aromatic heterocycles. The number of benzene rings is 1. The highest BCUT2D eigenvalue weighted by Gasteiger charge is 2.20. The molecule has 0 saturated heterocycles. The van der Waals surface area contributed by atoms with Crippen LogP contribution in [0.5, 0.6) is 0 Å². The fourth-order valence-electron chi connectivity index (χ4n) is 1.53. The minimum atomic E-state index is -0.528. The number of amides is 3. The molecule has 3 amide bonds. The summed E-state index contributed by atoms with van der Waals surface area (Å²) in [5.41, 5.74) is 0.859. The van der Waals surface area contributed by atoms with Gasteiger partial charge in [-0.3, -0.25) is 15.0 Å². The van der Waals surface area contributed by atoms with Crippen LogP contribution in [0.1, 0.15) is 12.5 Å². The topological polar surface area (TPSA) is 61.4 Å². The fraction of sp³-hybridized carbons (Fsp3) is 0.385. The number of likely N-dealkylation sites (N-methyl/N-ethyl adjacent to an activating group) is 1. The van der Waals surface area contributed by atoms with Crippen molar-refractivity contribution in [1.82, 2.24) is 15.5 Å². The molecular weight excluding hydrogens is 301 g/mol. The third-order valence-corrected chi connectivity index (χ3v) is 3.53. The quantitative estimate of drug-likeness (QED) is 0.895. The molecule has 0 bridgehead atoms. The van der Waals surface area contributed by atoms with Gasteiger partial charge in [-0.15, -0.1) is 0 Å². The van der Waals surface area contributed by atoms with E-state index in [0.29, 0.717) is 16.6 Å². The maximum Gasteiger partial charge on any atom is 0.321 e. The number of carbonyl (C=O) groups excluding carboxylic acids is 2. The van der Waals surface area contributed by atoms with Gasteiger partial charge in [0, 0.05) is 23.6 Å². The van der Waals surface area contributed by atoms with E-state index < -0.39 is 12.1 Å². The molecule has 20 heavy (non-hydrogen) atoms. The van der Waals surface area contributed by atoms with Crippen LogP contribution < -0.4 is 10.6 Å². The Labute approximate surface area is 128 Å². The number of nitrogens with zero attached hydrogens (tertiary/aromatic N) is 1. The van der Waals surface area contributed by atoms with Gasteiger partial charge in [0.2, 0.25) is 5.91 Å². The van der Waals surface area contributed by atoms with E-state index in [0.717, 1.165) is 5.56 Å². The number of rotatable bonds is 4. The van der Waals surface area contributed by atoms with Crippen LogP contribution >= 0.6 is 23.2 Å². The highest BCUT2D eigenvalue weighted by Crippen LogP contribution is 2.22. The second-order valence-corrected chi connectivity index (χ2v) is 5.24. The first-order valence-electron chi connectivity index (χ1n) is 6.02. The first-order valence-corrected chi connectivity index (χ1v) is 6.77. The van der Waals surface area contributed by atoms with Crippen molar-refractivity contribution in [2.45, 2.75) is 19.5 Å². The molecule has 1 atom stereocenters. The van der Waals surface area contributed by atoms with Crippen LogP contribution in [-0.4, -0.2) is 37.0 Å². The molecule has 0 saturated carbocycles. The molecule has 1 aromatic carbocycles. The lowest BCUT2D eigenvalue weighted by Crippen LogP contribution is -2.47. The number of hydrogen-bond acceptors (Lipinski definition) is 3. The van der Waals surface area contributed by atoms with Gasteiger partial charge >= 0.3 is 6.03 Å². The minimum Gasteiger partial charge on any atom is -0.341 e. The first-order chi connectivity index (χ1) is 9.35. The van der Waals surface area contributed by atoms with E-state index in [1.165, 1.54) is 7.05 Å². The summed E-state index contributed by atoms with van der Waals surface area (Å²) in [6.45, 7) is 2.18. The van der Waals surface area contributed by atoms with Gasteiger partial charge in [0.15, 0.2) is 0 Å². The fourth-order valence-corrected chi connectivity index (χ4v) is 2.00. The summed E-state index contributed by atoms with van der Waals surface area (Å²) in [6, 6.07) is 4.21. The summed E-state index contributed by atoms with van der Waals surface area (Å²) >= 11 is 11.9. The van der Waals surface area contributed by atoms with E-state index in [1.807, 2.05) is 6.07 Å². The smallest absolute Gasteiger partial charge is 0.321 e. The molecule has 2 N–H and O–H groups in total. The predicted molar refractivity (Wildman–Crippen MR) is 80.0 cm³/mol. The van der Waals surface area contributed by atoms with Crippen LogP contribution in [0, 0.1) is 0 Å². The Bertz CT molecular complexity index is 508. The van der Waals surface area contributed by atoms with Crippen molar-refractivity contribution < 1.29 is 9.59 Å². The Morgan fingerprint density at radius 1 is 1.35 bits per heavy atom. The summed E-state index contributed by atoms with van der Waals surface area (Å²) in [4.78, 5) is 24.7. The summed E-state index contributed by atoms with van der Waals surface area (Å²) < 4.78 is 0. The molecule has 0 aliphatic rings. The molecule has 0 spiro atoms. The maximum atomic E-state index is 11.8. The second kappa shape index (κ2) is 7.47. The van der Waals surface area contributed by atoms with Gasteiger partial charge in [-0.1, -0.05) is 29.3 Å². The van der Waals surface area contributed by atoms with Gasteiger partial charge in [-0.25, -0.2) is 4.79 Å². The van der Waals surface area contributed by atoms with Crippen LogP contribution in [0.3, 0.4) is 0 Å². The zero-order chi connectivity index (χ0) is 15.3. The number of imide groups is 1. The average Bonchev–Trinajstić information content (AvgIpc) is 2.40. The molecular formula is C13H17Cl2N3O2. The summed E-state index contributed by atoms with van der Waals surface area (Å²) in [6.07, 6.45) is 0. The van der Waals surface area contributed by atoms with Crippen molar-refractivity contribution in [3.63, 3.8) is 0 Å². The number of nitrogens with one attached hydrogen (secondary N) is 2. The third kappa shape index (κ3) is 4.67. The Hall–Kier alpha value is -1.30. The number of hydrogen-bond donors (Lipinski definition) is 2. The van der Waals surface area contributed by atoms with Crippen molar-refractivity contribution >= 4 is 35.1 Å². The van der Waals surface area contributed by atoms with Gasteiger partial charge in [-0.05, 0) is 31.7 Å². The summed E-state index contributed by atoms with van der Waals surface area (Å²) in [7, 11) is 3.23. The molecule has 0 aliphatic heterocycles. The van der Waals surface area contributed by atoms with Crippen LogP contribution in [0.15, 0.2) is 18.2 Å². The summed E-state index contributed by atoms with van der Waals surface area (Å²) in [5.74, 6) is -0.378. The lowest BCUT2D eigenvalue weighted by atomic mass is 10.2. The van der Waals surface area contributed by atoms with E-state index in [4.69, 9.17) is 23.2 Å². The SMILES string of the molecule is CNC(=O)NC(=O)[C@@H](C)N(C)Cc1ccc(Cl)cc1Cl. The van der Waals surface area contributed by atoms with E-state index in [-0.39, 0.29) is 5.91 Å². The van der Waals surface area contributed by atoms with Gasteiger partial charge in [-0.2, -0.15) is 0 Å². The first kappa shape index (κ1) is 16.8. The highest BCUT2D eigenvalue weighted by molar-refractivity contribution is 6.35. The van der Waals surface area contributed by atoms with Crippen molar-refractivity contribution in [2.75, 3.05) is 14.1 Å². The molecule has 0 heterocycles. The largest absolute Gasteiger partial charge is 0.341 e. The molecule has 5 nitrogen and oxygen atoms in total. The Morgan fingerprint density at radius 2 is 2.00 bits per heavy atom. The van der Waals surface area contributed by atoms with Gasteiger partial charge < -0.3 is 5.32 Å². The zero-order valence-corrected chi connectivity index (χ0v) is 13.0. The average molecular weight is 318 g/mol. The standard InChI is InChI=1S/C13H17Cl2N3O2/c1-8(12(19)17-13(20)16-2)18(3)7-9-4-5-10(14)6-11(9)15/h4-6,8H,7H2,1-3H3,(H2,16,17,19,20)/t8-/m1/s1.